The largest absolute Gasteiger partial charge is 0.494 e. The van der Waals surface area contributed by atoms with Gasteiger partial charge in [0.25, 0.3) is 0 Å². The van der Waals surface area contributed by atoms with Gasteiger partial charge in [-0.3, -0.25) is 4.99 Å². The Morgan fingerprint density at radius 3 is 2.55 bits per heavy atom. The van der Waals surface area contributed by atoms with E-state index in [2.05, 4.69) is 20.7 Å². The Bertz CT molecular complexity index is 893. The molecule has 0 unspecified atom stereocenters. The number of ether oxygens (including phenoxy) is 1. The summed E-state index contributed by atoms with van der Waals surface area (Å²) >= 11 is 0. The molecule has 0 spiro atoms. The fraction of sp³-hybridized carbons (Fsp3) is 0.273. The van der Waals surface area contributed by atoms with Gasteiger partial charge in [-0.15, -0.1) is 0 Å². The lowest BCUT2D eigenvalue weighted by Gasteiger charge is -2.11. The fourth-order valence-electron chi connectivity index (χ4n) is 2.75. The number of hydrogen-bond acceptors (Lipinski definition) is 3. The number of nitrogens with zero attached hydrogens (tertiary/aromatic N) is 3. The van der Waals surface area contributed by atoms with Crippen molar-refractivity contribution in [1.82, 2.24) is 20.4 Å². The number of aromatic nitrogens is 2. The Labute approximate surface area is 170 Å². The van der Waals surface area contributed by atoms with Gasteiger partial charge in [0, 0.05) is 32.8 Å². The second kappa shape index (κ2) is 10.8. The maximum atomic E-state index is 13.0. The number of nitrogens with one attached hydrogen (secondary N) is 2. The molecular formula is C22H26FN5O. The Balaban J connectivity index is 1.34. The first-order chi connectivity index (χ1) is 14.2. The van der Waals surface area contributed by atoms with Crippen molar-refractivity contribution in [2.75, 3.05) is 26.7 Å². The van der Waals surface area contributed by atoms with Crippen LogP contribution in [0.4, 0.5) is 4.39 Å². The third kappa shape index (κ3) is 6.64. The van der Waals surface area contributed by atoms with Crippen molar-refractivity contribution in [1.29, 1.82) is 0 Å². The zero-order valence-corrected chi connectivity index (χ0v) is 16.5. The molecule has 6 nitrogen and oxygen atoms in total. The van der Waals surface area contributed by atoms with Crippen LogP contribution in [0, 0.1) is 5.82 Å². The van der Waals surface area contributed by atoms with E-state index < -0.39 is 0 Å². The lowest BCUT2D eigenvalue weighted by atomic mass is 10.3. The minimum absolute atomic E-state index is 0.254. The summed E-state index contributed by atoms with van der Waals surface area (Å²) in [7, 11) is 1.75. The van der Waals surface area contributed by atoms with Crippen LogP contribution in [0.3, 0.4) is 0 Å². The van der Waals surface area contributed by atoms with E-state index >= 15 is 0 Å². The van der Waals surface area contributed by atoms with Crippen molar-refractivity contribution in [2.45, 2.75) is 12.8 Å². The van der Waals surface area contributed by atoms with Gasteiger partial charge in [-0.2, -0.15) is 5.10 Å². The van der Waals surface area contributed by atoms with Crippen LogP contribution >= 0.6 is 0 Å². The molecule has 0 fully saturated rings. The Morgan fingerprint density at radius 2 is 1.79 bits per heavy atom. The van der Waals surface area contributed by atoms with E-state index in [1.54, 1.807) is 23.9 Å². The molecule has 0 aliphatic carbocycles. The van der Waals surface area contributed by atoms with Gasteiger partial charge in [-0.1, -0.05) is 18.2 Å². The maximum Gasteiger partial charge on any atom is 0.190 e. The van der Waals surface area contributed by atoms with Crippen LogP contribution in [0.2, 0.25) is 0 Å². The van der Waals surface area contributed by atoms with Crippen LogP contribution in [-0.2, 0) is 6.42 Å². The lowest BCUT2D eigenvalue weighted by Crippen LogP contribution is -2.39. The first-order valence-electron chi connectivity index (χ1n) is 9.67. The Morgan fingerprint density at radius 1 is 1.03 bits per heavy atom. The third-order valence-corrected chi connectivity index (χ3v) is 4.26. The van der Waals surface area contributed by atoms with E-state index in [0.717, 1.165) is 42.5 Å². The first kappa shape index (κ1) is 20.4. The van der Waals surface area contributed by atoms with Gasteiger partial charge in [-0.05, 0) is 48.9 Å². The van der Waals surface area contributed by atoms with Crippen molar-refractivity contribution < 1.29 is 9.13 Å². The molecule has 0 saturated heterocycles. The van der Waals surface area contributed by atoms with Gasteiger partial charge >= 0.3 is 0 Å². The predicted octanol–water partition coefficient (Wildman–Crippen LogP) is 3.19. The summed E-state index contributed by atoms with van der Waals surface area (Å²) in [5, 5.41) is 11.1. The van der Waals surface area contributed by atoms with Crippen LogP contribution in [0.25, 0.3) is 5.69 Å². The molecule has 0 aliphatic rings. The van der Waals surface area contributed by atoms with Gasteiger partial charge in [0.1, 0.15) is 11.6 Å². The molecule has 2 aromatic carbocycles. The van der Waals surface area contributed by atoms with E-state index in [-0.39, 0.29) is 5.82 Å². The molecule has 7 heteroatoms. The summed E-state index contributed by atoms with van der Waals surface area (Å²) in [6, 6.07) is 18.0. The number of hydrogen-bond donors (Lipinski definition) is 2. The molecule has 0 atom stereocenters. The molecule has 0 amide bonds. The molecule has 1 heterocycles. The number of benzene rings is 2. The average Bonchev–Trinajstić information content (AvgIpc) is 3.22. The van der Waals surface area contributed by atoms with Gasteiger partial charge in [0.15, 0.2) is 5.96 Å². The second-order valence-corrected chi connectivity index (χ2v) is 6.42. The van der Waals surface area contributed by atoms with Crippen molar-refractivity contribution in [3.63, 3.8) is 0 Å². The predicted molar refractivity (Wildman–Crippen MR) is 113 cm³/mol. The molecule has 0 saturated carbocycles. The van der Waals surface area contributed by atoms with Gasteiger partial charge in [0.05, 0.1) is 18.0 Å². The van der Waals surface area contributed by atoms with E-state index in [1.807, 2.05) is 42.6 Å². The summed E-state index contributed by atoms with van der Waals surface area (Å²) in [6.45, 7) is 2.13. The molecular weight excluding hydrogens is 369 g/mol. The van der Waals surface area contributed by atoms with E-state index in [0.29, 0.717) is 13.2 Å². The maximum absolute atomic E-state index is 13.0. The zero-order chi connectivity index (χ0) is 20.3. The highest BCUT2D eigenvalue weighted by Gasteiger charge is 2.03. The summed E-state index contributed by atoms with van der Waals surface area (Å²) in [5.74, 6) is 1.38. The lowest BCUT2D eigenvalue weighted by molar-refractivity contribution is 0.311. The molecule has 152 valence electrons. The normalized spacial score (nSPS) is 11.3. The molecule has 0 bridgehead atoms. The summed E-state index contributed by atoms with van der Waals surface area (Å²) in [5.41, 5.74) is 1.79. The van der Waals surface area contributed by atoms with E-state index in [4.69, 9.17) is 4.74 Å². The SMILES string of the molecule is CN=C(NCCCOc1ccccc1)NCCc1ccn(-c2ccc(F)cc2)n1. The van der Waals surface area contributed by atoms with Crippen molar-refractivity contribution in [3.05, 3.63) is 78.4 Å². The molecule has 0 aliphatic heterocycles. The zero-order valence-electron chi connectivity index (χ0n) is 16.5. The third-order valence-electron chi connectivity index (χ3n) is 4.26. The Hall–Kier alpha value is -3.35. The minimum atomic E-state index is -0.254. The van der Waals surface area contributed by atoms with E-state index in [1.165, 1.54) is 12.1 Å². The van der Waals surface area contributed by atoms with Crippen molar-refractivity contribution in [2.24, 2.45) is 4.99 Å². The molecule has 29 heavy (non-hydrogen) atoms. The second-order valence-electron chi connectivity index (χ2n) is 6.42. The highest BCUT2D eigenvalue weighted by atomic mass is 19.1. The number of guanidine groups is 1. The number of rotatable bonds is 9. The highest BCUT2D eigenvalue weighted by molar-refractivity contribution is 5.79. The minimum Gasteiger partial charge on any atom is -0.494 e. The molecule has 1 aromatic heterocycles. The van der Waals surface area contributed by atoms with Crippen LogP contribution < -0.4 is 15.4 Å². The highest BCUT2D eigenvalue weighted by Crippen LogP contribution is 2.09. The smallest absolute Gasteiger partial charge is 0.190 e. The van der Waals surface area contributed by atoms with Crippen LogP contribution in [0.5, 0.6) is 5.75 Å². The first-order valence-corrected chi connectivity index (χ1v) is 9.67. The van der Waals surface area contributed by atoms with Crippen LogP contribution in [0.15, 0.2) is 71.9 Å². The number of halogens is 1. The van der Waals surface area contributed by atoms with Gasteiger partial charge in [0.2, 0.25) is 0 Å². The van der Waals surface area contributed by atoms with Crippen LogP contribution in [0.1, 0.15) is 12.1 Å². The molecule has 3 aromatic rings. The van der Waals surface area contributed by atoms with Crippen molar-refractivity contribution >= 4 is 5.96 Å². The van der Waals surface area contributed by atoms with Gasteiger partial charge < -0.3 is 15.4 Å². The topological polar surface area (TPSA) is 63.5 Å². The number of para-hydroxylation sites is 1. The Kier molecular flexibility index (Phi) is 7.63. The molecule has 0 radical (unpaired) electrons. The number of aliphatic imine (C=N–C) groups is 1. The van der Waals surface area contributed by atoms with Crippen LogP contribution in [-0.4, -0.2) is 42.5 Å². The van der Waals surface area contributed by atoms with Crippen molar-refractivity contribution in [3.8, 4) is 11.4 Å². The average molecular weight is 395 g/mol. The standard InChI is InChI=1S/C22H26FN5O/c1-24-22(25-14-5-17-29-21-6-3-2-4-7-21)26-15-12-19-13-16-28(27-19)20-10-8-18(23)9-11-20/h2-4,6-11,13,16H,5,12,14-15,17H2,1H3,(H2,24,25,26). The summed E-state index contributed by atoms with van der Waals surface area (Å²) in [6.07, 6.45) is 3.51. The summed E-state index contributed by atoms with van der Waals surface area (Å²) in [4.78, 5) is 4.23. The molecule has 3 rings (SSSR count). The quantitative estimate of drug-likeness (QED) is 0.332. The fourth-order valence-corrected chi connectivity index (χ4v) is 2.75. The van der Waals surface area contributed by atoms with E-state index in [9.17, 15) is 4.39 Å². The molecule has 2 N–H and O–H groups in total. The van der Waals surface area contributed by atoms with Gasteiger partial charge in [-0.25, -0.2) is 9.07 Å². The monoisotopic (exact) mass is 395 g/mol. The summed E-state index contributed by atoms with van der Waals surface area (Å²) < 4.78 is 20.4.